The summed E-state index contributed by atoms with van der Waals surface area (Å²) in [5.41, 5.74) is 12.3. The average molecular weight is 720 g/mol. The Hall–Kier alpha value is -6.94. The van der Waals surface area contributed by atoms with Gasteiger partial charge in [0.1, 0.15) is 11.2 Å². The lowest BCUT2D eigenvalue weighted by atomic mass is 9.91. The highest BCUT2D eigenvalue weighted by Crippen LogP contribution is 2.48. The molecule has 11 rings (SSSR count). The Kier molecular flexibility index (Phi) is 7.39. The van der Waals surface area contributed by atoms with E-state index in [2.05, 4.69) is 193 Å². The van der Waals surface area contributed by atoms with Crippen molar-refractivity contribution in [3.63, 3.8) is 0 Å². The average Bonchev–Trinajstić information content (AvgIpc) is 3.83. The Morgan fingerprint density at radius 3 is 1.85 bits per heavy atom. The van der Waals surface area contributed by atoms with Crippen molar-refractivity contribution < 1.29 is 4.42 Å². The van der Waals surface area contributed by atoms with Crippen LogP contribution in [0, 0.1) is 0 Å². The topological polar surface area (TPSA) is 16.4 Å². The normalized spacial score (nSPS) is 11.6. The van der Waals surface area contributed by atoms with Crippen LogP contribution < -0.4 is 4.90 Å². The second-order valence-electron chi connectivity index (χ2n) is 14.0. The molecule has 3 heteroatoms. The molecule has 0 bridgehead atoms. The van der Waals surface area contributed by atoms with Crippen LogP contribution in [0.25, 0.3) is 86.3 Å². The van der Waals surface area contributed by atoms with Gasteiger partial charge in [-0.25, -0.2) is 0 Å². The molecule has 0 saturated heterocycles. The summed E-state index contributed by atoms with van der Waals surface area (Å²) in [6.45, 7) is 0. The van der Waals surface area contributed by atoms with Gasteiger partial charge in [-0.2, -0.15) is 0 Å². The van der Waals surface area contributed by atoms with E-state index in [0.717, 1.165) is 50.1 Å². The van der Waals surface area contributed by atoms with Gasteiger partial charge in [0.15, 0.2) is 0 Å². The first-order valence-corrected chi connectivity index (χ1v) is 19.5. The number of hydrogen-bond donors (Lipinski definition) is 0. The summed E-state index contributed by atoms with van der Waals surface area (Å²) in [4.78, 5) is 2.45. The molecule has 0 aliphatic carbocycles. The molecule has 0 atom stereocenters. The zero-order chi connectivity index (χ0) is 36.3. The third kappa shape index (κ3) is 5.24. The first-order chi connectivity index (χ1) is 27.3. The molecule has 258 valence electrons. The van der Waals surface area contributed by atoms with Crippen molar-refractivity contribution >= 4 is 81.3 Å². The van der Waals surface area contributed by atoms with Crippen molar-refractivity contribution in [2.45, 2.75) is 0 Å². The molecule has 55 heavy (non-hydrogen) atoms. The Balaban J connectivity index is 1.11. The van der Waals surface area contributed by atoms with Crippen molar-refractivity contribution in [1.29, 1.82) is 0 Å². The Bertz CT molecular complexity index is 3220. The summed E-state index contributed by atoms with van der Waals surface area (Å²) in [5, 5.41) is 7.29. The number of furan rings is 1. The molecule has 0 unspecified atom stereocenters. The summed E-state index contributed by atoms with van der Waals surface area (Å²) in [6.07, 6.45) is 0. The standard InChI is InChI=1S/C52H33NOS/c1-2-15-38-34(13-1)14-11-21-42(38)41-18-4-3-16-39(41)35-27-30-37(31-28-35)53(47-23-12-26-51-52(47)44-20-7-10-25-50(44)55-51)46-22-8-5-17-40(46)36-29-32-49-45(33-36)43-19-6-9-24-48(43)54-49/h1-33H. The van der Waals surface area contributed by atoms with E-state index in [1.54, 1.807) is 0 Å². The van der Waals surface area contributed by atoms with Gasteiger partial charge < -0.3 is 9.32 Å². The summed E-state index contributed by atoms with van der Waals surface area (Å²) < 4.78 is 8.80. The summed E-state index contributed by atoms with van der Waals surface area (Å²) >= 11 is 1.85. The van der Waals surface area contributed by atoms with Crippen LogP contribution in [0.5, 0.6) is 0 Å². The van der Waals surface area contributed by atoms with E-state index >= 15 is 0 Å². The SMILES string of the molecule is c1ccc(-c2cccc3ccccc23)c(-c2ccc(N(c3ccccc3-c3ccc4oc5ccccc5c4c3)c3cccc4sc5ccccc5c34)cc2)c1. The van der Waals surface area contributed by atoms with Crippen LogP contribution in [0.15, 0.2) is 205 Å². The third-order valence-electron chi connectivity index (χ3n) is 10.9. The van der Waals surface area contributed by atoms with Gasteiger partial charge >= 0.3 is 0 Å². The van der Waals surface area contributed by atoms with Crippen molar-refractivity contribution in [2.75, 3.05) is 4.90 Å². The molecule has 2 nitrogen and oxygen atoms in total. The lowest BCUT2D eigenvalue weighted by molar-refractivity contribution is 0.669. The zero-order valence-electron chi connectivity index (χ0n) is 29.8. The minimum atomic E-state index is 0.896. The molecule has 0 aliphatic heterocycles. The van der Waals surface area contributed by atoms with Crippen molar-refractivity contribution in [3.8, 4) is 33.4 Å². The molecule has 2 aromatic heterocycles. The molecule has 11 aromatic rings. The van der Waals surface area contributed by atoms with Gasteiger partial charge in [0.05, 0.1) is 11.4 Å². The first-order valence-electron chi connectivity index (χ1n) is 18.7. The number of nitrogens with zero attached hydrogens (tertiary/aromatic N) is 1. The van der Waals surface area contributed by atoms with Crippen molar-refractivity contribution in [3.05, 3.63) is 200 Å². The van der Waals surface area contributed by atoms with Crippen molar-refractivity contribution in [2.24, 2.45) is 0 Å². The predicted octanol–water partition coefficient (Wildman–Crippen LogP) is 15.6. The number of anilines is 3. The van der Waals surface area contributed by atoms with Gasteiger partial charge in [0.2, 0.25) is 0 Å². The molecule has 0 fully saturated rings. The lowest BCUT2D eigenvalue weighted by Gasteiger charge is -2.29. The van der Waals surface area contributed by atoms with Crippen LogP contribution >= 0.6 is 11.3 Å². The van der Waals surface area contributed by atoms with Crippen LogP contribution in [-0.2, 0) is 0 Å². The highest BCUT2D eigenvalue weighted by Gasteiger charge is 2.22. The van der Waals surface area contributed by atoms with Gasteiger partial charge in [-0.15, -0.1) is 11.3 Å². The van der Waals surface area contributed by atoms with Crippen LogP contribution in [0.3, 0.4) is 0 Å². The molecule has 0 saturated carbocycles. The number of fused-ring (bicyclic) bond motifs is 7. The Morgan fingerprint density at radius 1 is 0.364 bits per heavy atom. The van der Waals surface area contributed by atoms with E-state index in [-0.39, 0.29) is 0 Å². The first kappa shape index (κ1) is 31.6. The van der Waals surface area contributed by atoms with E-state index in [1.165, 1.54) is 53.2 Å². The molecule has 0 amide bonds. The highest BCUT2D eigenvalue weighted by atomic mass is 32.1. The second-order valence-corrected chi connectivity index (χ2v) is 15.1. The summed E-state index contributed by atoms with van der Waals surface area (Å²) in [7, 11) is 0. The van der Waals surface area contributed by atoms with Gasteiger partial charge in [-0.3, -0.25) is 0 Å². The number of hydrogen-bond acceptors (Lipinski definition) is 3. The van der Waals surface area contributed by atoms with Crippen LogP contribution in [0.1, 0.15) is 0 Å². The molecule has 0 radical (unpaired) electrons. The highest BCUT2D eigenvalue weighted by molar-refractivity contribution is 7.26. The van der Waals surface area contributed by atoms with Crippen LogP contribution in [-0.4, -0.2) is 0 Å². The van der Waals surface area contributed by atoms with Gasteiger partial charge in [-0.05, 0) is 93.2 Å². The maximum Gasteiger partial charge on any atom is 0.135 e. The monoisotopic (exact) mass is 719 g/mol. The second kappa shape index (κ2) is 12.9. The molecule has 0 N–H and O–H groups in total. The van der Waals surface area contributed by atoms with Gasteiger partial charge in [-0.1, -0.05) is 146 Å². The fraction of sp³-hybridized carbons (Fsp3) is 0. The van der Waals surface area contributed by atoms with Gasteiger partial charge in [0.25, 0.3) is 0 Å². The molecule has 0 spiro atoms. The molecule has 2 heterocycles. The van der Waals surface area contributed by atoms with Crippen molar-refractivity contribution in [1.82, 2.24) is 0 Å². The lowest BCUT2D eigenvalue weighted by Crippen LogP contribution is -2.11. The maximum atomic E-state index is 6.24. The Morgan fingerprint density at radius 2 is 0.964 bits per heavy atom. The van der Waals surface area contributed by atoms with E-state index < -0.39 is 0 Å². The van der Waals surface area contributed by atoms with Crippen LogP contribution in [0.4, 0.5) is 17.1 Å². The number of para-hydroxylation sites is 2. The third-order valence-corrected chi connectivity index (χ3v) is 12.0. The predicted molar refractivity (Wildman–Crippen MR) is 235 cm³/mol. The van der Waals surface area contributed by atoms with E-state index in [4.69, 9.17) is 4.42 Å². The summed E-state index contributed by atoms with van der Waals surface area (Å²) in [6, 6.07) is 72.3. The largest absolute Gasteiger partial charge is 0.456 e. The molecule has 9 aromatic carbocycles. The quantitative estimate of drug-likeness (QED) is 0.170. The van der Waals surface area contributed by atoms with E-state index in [9.17, 15) is 0 Å². The fourth-order valence-corrected chi connectivity index (χ4v) is 9.50. The number of benzene rings is 9. The fourth-order valence-electron chi connectivity index (χ4n) is 8.38. The molecule has 0 aliphatic rings. The Labute approximate surface area is 322 Å². The van der Waals surface area contributed by atoms with E-state index in [0.29, 0.717) is 0 Å². The van der Waals surface area contributed by atoms with Gasteiger partial charge in [0, 0.05) is 42.2 Å². The number of rotatable bonds is 6. The zero-order valence-corrected chi connectivity index (χ0v) is 30.6. The molecular weight excluding hydrogens is 687 g/mol. The smallest absolute Gasteiger partial charge is 0.135 e. The summed E-state index contributed by atoms with van der Waals surface area (Å²) in [5.74, 6) is 0. The van der Waals surface area contributed by atoms with Crippen LogP contribution in [0.2, 0.25) is 0 Å². The minimum Gasteiger partial charge on any atom is -0.456 e. The maximum absolute atomic E-state index is 6.24. The molecular formula is C52H33NOS. The minimum absolute atomic E-state index is 0.896. The van der Waals surface area contributed by atoms with E-state index in [1.807, 2.05) is 23.5 Å². The number of thiophene rings is 1.